The van der Waals surface area contributed by atoms with Gasteiger partial charge in [0.05, 0.1) is 19.6 Å². The molecule has 3 N–H and O–H groups in total. The lowest BCUT2D eigenvalue weighted by Gasteiger charge is -2.17. The molecule has 9 nitrogen and oxygen atoms in total. The lowest BCUT2D eigenvalue weighted by molar-refractivity contribution is 0.423. The Hall–Kier alpha value is -3.92. The van der Waals surface area contributed by atoms with Gasteiger partial charge in [0.1, 0.15) is 17.2 Å². The van der Waals surface area contributed by atoms with Crippen LogP contribution in [0.4, 0.5) is 0 Å². The third-order valence-corrected chi connectivity index (χ3v) is 14.0. The van der Waals surface area contributed by atoms with Gasteiger partial charge >= 0.3 is 8.56 Å². The molecular weight excluding hydrogens is 725 g/mol. The van der Waals surface area contributed by atoms with Gasteiger partial charge in [-0.15, -0.1) is 0 Å². The number of aromatic hydroxyl groups is 3. The van der Waals surface area contributed by atoms with Crippen LogP contribution in [0.2, 0.25) is 6.04 Å². The molecule has 0 aliphatic heterocycles. The summed E-state index contributed by atoms with van der Waals surface area (Å²) in [7, 11) is -3.33. The first-order valence-corrected chi connectivity index (χ1v) is 24.3. The van der Waals surface area contributed by atoms with E-state index in [9.17, 15) is 15.3 Å². The Labute approximate surface area is 345 Å². The second kappa shape index (κ2) is 26.2. The van der Waals surface area contributed by atoms with Crippen LogP contribution < -0.4 is 0 Å². The fraction of sp³-hybridized carbons (Fsp3) is 0.617. The van der Waals surface area contributed by atoms with Crippen molar-refractivity contribution < 1.29 is 15.3 Å². The smallest absolute Gasteiger partial charge is 0.490 e. The minimum Gasteiger partial charge on any atom is -0.507 e. The second-order valence-electron chi connectivity index (χ2n) is 16.0. The van der Waals surface area contributed by atoms with E-state index in [1.165, 1.54) is 38.5 Å². The predicted octanol–water partition coefficient (Wildman–Crippen LogP) is 14.3. The molecule has 10 heteroatoms. The van der Waals surface area contributed by atoms with Crippen LogP contribution in [0.3, 0.4) is 0 Å². The topological polar surface area (TPSA) is 135 Å². The van der Waals surface area contributed by atoms with Gasteiger partial charge in [-0.3, -0.25) is 0 Å². The third kappa shape index (κ3) is 15.4. The molecule has 0 amide bonds. The van der Waals surface area contributed by atoms with Gasteiger partial charge in [0.15, 0.2) is 0 Å². The standard InChI is InChI=1S/C47H74N6O3Si/c1-8-15-21-36(11-4)30-39-24-18-27-42(45(39)54)33-48-51-57(14-7,52-49-34-43-28-19-25-40(46(43)55)31-37(12-5)22-16-9-2)53-50-35-44-29-20-26-41(47(44)56)32-38(13-6)23-17-10-3/h18-20,24-29,36-38,54-56H,8-17,21-23,30-35H2,1-7H3/b51-48+,52-49+,53-50+. The van der Waals surface area contributed by atoms with E-state index in [1.54, 1.807) is 0 Å². The average Bonchev–Trinajstić information content (AvgIpc) is 3.22. The zero-order valence-corrected chi connectivity index (χ0v) is 37.4. The molecule has 3 aromatic rings. The second-order valence-corrected chi connectivity index (χ2v) is 18.8. The van der Waals surface area contributed by atoms with Crippen molar-refractivity contribution in [1.29, 1.82) is 0 Å². The highest BCUT2D eigenvalue weighted by Crippen LogP contribution is 2.32. The fourth-order valence-corrected chi connectivity index (χ4v) is 8.96. The van der Waals surface area contributed by atoms with Crippen LogP contribution in [-0.4, -0.2) is 23.9 Å². The first-order chi connectivity index (χ1) is 27.7. The number of hydrogen-bond donors (Lipinski definition) is 3. The number of phenols is 3. The minimum atomic E-state index is -3.33. The maximum absolute atomic E-state index is 11.3. The Morgan fingerprint density at radius 3 is 0.965 bits per heavy atom. The maximum Gasteiger partial charge on any atom is 0.490 e. The van der Waals surface area contributed by atoms with Crippen LogP contribution in [0.1, 0.15) is 159 Å². The molecule has 0 spiro atoms. The van der Waals surface area contributed by atoms with Crippen LogP contribution in [0, 0.1) is 17.8 Å². The molecule has 0 saturated heterocycles. The van der Waals surface area contributed by atoms with Crippen molar-refractivity contribution in [3.63, 3.8) is 0 Å². The molecule has 0 bridgehead atoms. The van der Waals surface area contributed by atoms with Crippen LogP contribution >= 0.6 is 0 Å². The summed E-state index contributed by atoms with van der Waals surface area (Å²) in [6, 6.07) is 18.1. The van der Waals surface area contributed by atoms with Crippen molar-refractivity contribution in [2.45, 2.75) is 170 Å². The normalized spacial score (nSPS) is 14.8. The van der Waals surface area contributed by atoms with Gasteiger partial charge in [-0.05, 0) is 53.7 Å². The zero-order valence-electron chi connectivity index (χ0n) is 36.4. The van der Waals surface area contributed by atoms with Crippen molar-refractivity contribution >= 4 is 8.56 Å². The number of rotatable bonds is 28. The van der Waals surface area contributed by atoms with Gasteiger partial charge < -0.3 is 15.3 Å². The number of nitrogens with zero attached hydrogens (tertiary/aromatic N) is 6. The summed E-state index contributed by atoms with van der Waals surface area (Å²) < 4.78 is 14.3. The molecule has 0 heterocycles. The SMILES string of the molecule is CCCCC(CC)Cc1cccc(C/N=N/[Si](CC)(/N=N/Cc2cccc(CC(CC)CCCC)c2O)/N=N/Cc2cccc(CC(CC)CCCC)c2O)c1O. The van der Waals surface area contributed by atoms with E-state index < -0.39 is 8.56 Å². The quantitative estimate of drug-likeness (QED) is 0.0498. The van der Waals surface area contributed by atoms with Gasteiger partial charge in [-0.2, -0.15) is 29.7 Å². The van der Waals surface area contributed by atoms with Gasteiger partial charge in [0.2, 0.25) is 0 Å². The molecule has 0 fully saturated rings. The number of phenolic OH excluding ortho intramolecular Hbond substituents is 3. The minimum absolute atomic E-state index is 0.185. The Bertz CT molecular complexity index is 1500. The highest BCUT2D eigenvalue weighted by Gasteiger charge is 2.35. The van der Waals surface area contributed by atoms with E-state index in [0.717, 1.165) is 74.5 Å². The van der Waals surface area contributed by atoms with E-state index in [-0.39, 0.29) is 36.9 Å². The number of unbranched alkanes of at least 4 members (excludes halogenated alkanes) is 3. The summed E-state index contributed by atoms with van der Waals surface area (Å²) in [5.41, 5.74) is 4.97. The van der Waals surface area contributed by atoms with Crippen molar-refractivity contribution in [2.24, 2.45) is 47.4 Å². The Morgan fingerprint density at radius 1 is 0.439 bits per heavy atom. The van der Waals surface area contributed by atoms with E-state index in [2.05, 4.69) is 56.9 Å². The van der Waals surface area contributed by atoms with Gasteiger partial charge in [-0.1, -0.05) is 180 Å². The monoisotopic (exact) mass is 799 g/mol. The van der Waals surface area contributed by atoms with Crippen molar-refractivity contribution in [3.8, 4) is 17.2 Å². The Balaban J connectivity index is 1.91. The third-order valence-electron chi connectivity index (χ3n) is 11.7. The first-order valence-electron chi connectivity index (χ1n) is 22.2. The summed E-state index contributed by atoms with van der Waals surface area (Å²) in [4.78, 5) is 0. The molecule has 3 rings (SSSR count). The highest BCUT2D eigenvalue weighted by molar-refractivity contribution is 6.74. The molecule has 0 aliphatic carbocycles. The summed E-state index contributed by atoms with van der Waals surface area (Å²) in [6.45, 7) is 15.8. The molecule has 0 aromatic heterocycles. The molecule has 0 aliphatic rings. The Morgan fingerprint density at radius 2 is 0.719 bits per heavy atom. The van der Waals surface area contributed by atoms with Gasteiger partial charge in [0.25, 0.3) is 0 Å². The van der Waals surface area contributed by atoms with Crippen LogP contribution in [0.25, 0.3) is 0 Å². The largest absolute Gasteiger partial charge is 0.507 e. The summed E-state index contributed by atoms with van der Waals surface area (Å²) in [6.07, 6.45) is 16.2. The molecule has 0 saturated carbocycles. The summed E-state index contributed by atoms with van der Waals surface area (Å²) in [5.74, 6) is 2.42. The Kier molecular flexibility index (Phi) is 21.8. The molecule has 3 aromatic carbocycles. The van der Waals surface area contributed by atoms with E-state index >= 15 is 0 Å². The van der Waals surface area contributed by atoms with Crippen molar-refractivity contribution in [2.75, 3.05) is 0 Å². The molecule has 57 heavy (non-hydrogen) atoms. The molecule has 314 valence electrons. The van der Waals surface area contributed by atoms with Crippen molar-refractivity contribution in [3.05, 3.63) is 88.0 Å². The first kappa shape index (κ1) is 47.5. The maximum atomic E-state index is 11.3. The zero-order chi connectivity index (χ0) is 41.5. The lowest BCUT2D eigenvalue weighted by Crippen LogP contribution is -2.25. The van der Waals surface area contributed by atoms with E-state index in [0.29, 0.717) is 40.5 Å². The van der Waals surface area contributed by atoms with Gasteiger partial charge in [-0.25, -0.2) is 0 Å². The predicted molar refractivity (Wildman–Crippen MR) is 237 cm³/mol. The summed E-state index contributed by atoms with van der Waals surface area (Å²) >= 11 is 0. The van der Waals surface area contributed by atoms with Crippen LogP contribution in [0.5, 0.6) is 17.2 Å². The summed E-state index contributed by atoms with van der Waals surface area (Å²) in [5, 5.41) is 47.7. The highest BCUT2D eigenvalue weighted by atomic mass is 28.4. The average molecular weight is 799 g/mol. The van der Waals surface area contributed by atoms with Crippen LogP contribution in [-0.2, 0) is 38.9 Å². The number of hydrogen-bond acceptors (Lipinski definition) is 9. The van der Waals surface area contributed by atoms with Crippen LogP contribution in [0.15, 0.2) is 84.3 Å². The number of benzene rings is 3. The molecule has 0 radical (unpaired) electrons. The molecular formula is C47H74N6O3Si. The molecule has 3 unspecified atom stereocenters. The van der Waals surface area contributed by atoms with Gasteiger partial charge in [0, 0.05) is 22.7 Å². The fourth-order valence-electron chi connectivity index (χ4n) is 7.52. The van der Waals surface area contributed by atoms with E-state index in [1.807, 2.05) is 61.5 Å². The lowest BCUT2D eigenvalue weighted by atomic mass is 9.91. The van der Waals surface area contributed by atoms with E-state index in [4.69, 9.17) is 14.3 Å². The van der Waals surface area contributed by atoms with Crippen molar-refractivity contribution in [1.82, 2.24) is 0 Å². The number of para-hydroxylation sites is 3. The molecule has 3 atom stereocenters.